The lowest BCUT2D eigenvalue weighted by atomic mass is 10.1. The Kier molecular flexibility index (Phi) is 17.7. The van der Waals surface area contributed by atoms with Gasteiger partial charge in [0, 0.05) is 5.70 Å². The van der Waals surface area contributed by atoms with Crippen molar-refractivity contribution in [2.75, 3.05) is 6.61 Å². The number of rotatable bonds is 16. The van der Waals surface area contributed by atoms with Crippen LogP contribution in [0.1, 0.15) is 96.8 Å². The molecule has 0 aromatic heterocycles. The van der Waals surface area contributed by atoms with Gasteiger partial charge in [-0.05, 0) is 38.5 Å². The average Bonchev–Trinajstić information content (AvgIpc) is 2.52. The molecule has 0 aliphatic heterocycles. The van der Waals surface area contributed by atoms with Gasteiger partial charge in [0.1, 0.15) is 0 Å². The van der Waals surface area contributed by atoms with E-state index in [2.05, 4.69) is 19.1 Å². The van der Waals surface area contributed by atoms with Crippen LogP contribution in [0.15, 0.2) is 23.9 Å². The quantitative estimate of drug-likeness (QED) is 0.277. The largest absolute Gasteiger partial charge is 0.402 e. The second-order valence-corrected chi connectivity index (χ2v) is 6.30. The van der Waals surface area contributed by atoms with E-state index in [1.165, 1.54) is 70.6 Å². The first-order valence-electron chi connectivity index (χ1n) is 9.51. The summed E-state index contributed by atoms with van der Waals surface area (Å²) in [5, 5.41) is 8.61. The summed E-state index contributed by atoms with van der Waals surface area (Å²) in [7, 11) is 0. The van der Waals surface area contributed by atoms with Crippen molar-refractivity contribution in [3.8, 4) is 0 Å². The molecule has 0 heterocycles. The minimum absolute atomic E-state index is 0.173. The molecule has 0 aliphatic carbocycles. The van der Waals surface area contributed by atoms with E-state index in [9.17, 15) is 0 Å². The summed E-state index contributed by atoms with van der Waals surface area (Å²) in [4.78, 5) is 0. The molecule has 0 spiro atoms. The van der Waals surface area contributed by atoms with Gasteiger partial charge in [0.2, 0.25) is 0 Å². The standard InChI is InChI=1S/C20H39NO/c1-2-3-4-5-11-14-17-20(21)18-15-12-9-7-6-8-10-13-16-19-22/h13,16,18,22H,2-12,14-15,17,19,21H2,1H3/b16-13?,20-18+. The summed E-state index contributed by atoms with van der Waals surface area (Å²) >= 11 is 0. The molecule has 0 aromatic carbocycles. The van der Waals surface area contributed by atoms with Crippen molar-refractivity contribution in [1.82, 2.24) is 0 Å². The lowest BCUT2D eigenvalue weighted by molar-refractivity contribution is 0.342. The molecule has 0 atom stereocenters. The Morgan fingerprint density at radius 2 is 1.36 bits per heavy atom. The van der Waals surface area contributed by atoms with Gasteiger partial charge in [0.05, 0.1) is 6.61 Å². The minimum atomic E-state index is 0.173. The van der Waals surface area contributed by atoms with E-state index in [-0.39, 0.29) is 6.61 Å². The number of unbranched alkanes of at least 4 members (excludes halogenated alkanes) is 11. The third-order valence-corrected chi connectivity index (χ3v) is 4.07. The van der Waals surface area contributed by atoms with Crippen LogP contribution in [0.4, 0.5) is 0 Å². The minimum Gasteiger partial charge on any atom is -0.402 e. The maximum absolute atomic E-state index is 8.61. The maximum Gasteiger partial charge on any atom is 0.0612 e. The van der Waals surface area contributed by atoms with Crippen LogP contribution < -0.4 is 5.73 Å². The van der Waals surface area contributed by atoms with E-state index >= 15 is 0 Å². The molecule has 3 N–H and O–H groups in total. The van der Waals surface area contributed by atoms with Gasteiger partial charge in [-0.25, -0.2) is 0 Å². The van der Waals surface area contributed by atoms with Crippen LogP contribution >= 0.6 is 0 Å². The van der Waals surface area contributed by atoms with Crippen molar-refractivity contribution >= 4 is 0 Å². The first kappa shape index (κ1) is 21.2. The molecule has 22 heavy (non-hydrogen) atoms. The molecule has 0 saturated heterocycles. The second-order valence-electron chi connectivity index (χ2n) is 6.30. The van der Waals surface area contributed by atoms with Gasteiger partial charge in [-0.15, -0.1) is 0 Å². The van der Waals surface area contributed by atoms with Crippen LogP contribution in [-0.2, 0) is 0 Å². The van der Waals surface area contributed by atoms with Gasteiger partial charge < -0.3 is 10.8 Å². The number of hydrogen-bond acceptors (Lipinski definition) is 2. The van der Waals surface area contributed by atoms with Crippen molar-refractivity contribution in [2.45, 2.75) is 96.8 Å². The summed E-state index contributed by atoms with van der Waals surface area (Å²) in [5.74, 6) is 0. The van der Waals surface area contributed by atoms with Crippen LogP contribution in [0.2, 0.25) is 0 Å². The highest BCUT2D eigenvalue weighted by atomic mass is 16.2. The van der Waals surface area contributed by atoms with Gasteiger partial charge in [0.25, 0.3) is 0 Å². The normalized spacial score (nSPS) is 12.4. The smallest absolute Gasteiger partial charge is 0.0612 e. The molecule has 0 aliphatic rings. The summed E-state index contributed by atoms with van der Waals surface area (Å²) in [6.45, 7) is 2.43. The third-order valence-electron chi connectivity index (χ3n) is 4.07. The van der Waals surface area contributed by atoms with Crippen molar-refractivity contribution in [3.05, 3.63) is 23.9 Å². The lowest BCUT2D eigenvalue weighted by Crippen LogP contribution is -1.97. The van der Waals surface area contributed by atoms with E-state index in [1.54, 1.807) is 0 Å². The highest BCUT2D eigenvalue weighted by molar-refractivity contribution is 4.95. The molecule has 0 bridgehead atoms. The van der Waals surface area contributed by atoms with E-state index in [0.717, 1.165) is 25.0 Å². The number of aliphatic hydroxyl groups excluding tert-OH is 1. The first-order valence-corrected chi connectivity index (χ1v) is 9.51. The van der Waals surface area contributed by atoms with E-state index in [4.69, 9.17) is 10.8 Å². The zero-order valence-corrected chi connectivity index (χ0v) is 14.9. The Bertz CT molecular complexity index is 271. The maximum atomic E-state index is 8.61. The molecular weight excluding hydrogens is 270 g/mol. The van der Waals surface area contributed by atoms with Crippen LogP contribution in [0.5, 0.6) is 0 Å². The fourth-order valence-corrected chi connectivity index (χ4v) is 2.63. The van der Waals surface area contributed by atoms with Gasteiger partial charge in [0.15, 0.2) is 0 Å². The SMILES string of the molecule is CCCCCCCC/C(N)=C\CCCCCCCC=CCO. The number of aliphatic hydroxyl groups is 1. The zero-order chi connectivity index (χ0) is 16.3. The molecule has 0 amide bonds. The first-order chi connectivity index (χ1) is 10.8. The molecule has 0 radical (unpaired) electrons. The van der Waals surface area contributed by atoms with E-state index < -0.39 is 0 Å². The molecule has 0 saturated carbocycles. The van der Waals surface area contributed by atoms with E-state index in [0.29, 0.717) is 0 Å². The van der Waals surface area contributed by atoms with Crippen molar-refractivity contribution in [2.24, 2.45) is 5.73 Å². The predicted molar refractivity (Wildman–Crippen MR) is 98.8 cm³/mol. The van der Waals surface area contributed by atoms with Gasteiger partial charge in [-0.3, -0.25) is 0 Å². The second kappa shape index (κ2) is 18.3. The number of hydrogen-bond donors (Lipinski definition) is 2. The van der Waals surface area contributed by atoms with Crippen molar-refractivity contribution in [3.63, 3.8) is 0 Å². The van der Waals surface area contributed by atoms with Crippen LogP contribution in [0, 0.1) is 0 Å². The predicted octanol–water partition coefficient (Wildman–Crippen LogP) is 5.86. The van der Waals surface area contributed by atoms with Gasteiger partial charge in [-0.2, -0.15) is 0 Å². The molecule has 0 aromatic rings. The molecule has 130 valence electrons. The van der Waals surface area contributed by atoms with Crippen LogP contribution in [0.3, 0.4) is 0 Å². The fourth-order valence-electron chi connectivity index (χ4n) is 2.63. The fraction of sp³-hybridized carbons (Fsp3) is 0.800. The zero-order valence-electron chi connectivity index (χ0n) is 14.9. The highest BCUT2D eigenvalue weighted by Gasteiger charge is 1.94. The molecule has 0 rings (SSSR count). The summed E-state index contributed by atoms with van der Waals surface area (Å²) in [6.07, 6.45) is 24.0. The Hall–Kier alpha value is -0.760. The topological polar surface area (TPSA) is 46.2 Å². The Morgan fingerprint density at radius 1 is 0.773 bits per heavy atom. The summed E-state index contributed by atoms with van der Waals surface area (Å²) in [5.41, 5.74) is 7.16. The van der Waals surface area contributed by atoms with Crippen LogP contribution in [0.25, 0.3) is 0 Å². The van der Waals surface area contributed by atoms with Crippen molar-refractivity contribution < 1.29 is 5.11 Å². The molecule has 0 fully saturated rings. The number of allylic oxidation sites excluding steroid dienone is 3. The van der Waals surface area contributed by atoms with Gasteiger partial charge >= 0.3 is 0 Å². The molecular formula is C20H39NO. The van der Waals surface area contributed by atoms with Crippen LogP contribution in [-0.4, -0.2) is 11.7 Å². The summed E-state index contributed by atoms with van der Waals surface area (Å²) < 4.78 is 0. The average molecular weight is 310 g/mol. The molecule has 2 heteroatoms. The molecule has 0 unspecified atom stereocenters. The number of nitrogens with two attached hydrogens (primary N) is 1. The Balaban J connectivity index is 3.28. The van der Waals surface area contributed by atoms with E-state index in [1.807, 2.05) is 6.08 Å². The summed E-state index contributed by atoms with van der Waals surface area (Å²) in [6, 6.07) is 0. The third kappa shape index (κ3) is 17.3. The highest BCUT2D eigenvalue weighted by Crippen LogP contribution is 2.11. The lowest BCUT2D eigenvalue weighted by Gasteiger charge is -2.03. The Morgan fingerprint density at radius 3 is 2.05 bits per heavy atom. The van der Waals surface area contributed by atoms with Gasteiger partial charge in [-0.1, -0.05) is 76.5 Å². The molecule has 2 nitrogen and oxygen atoms in total. The van der Waals surface area contributed by atoms with Crippen molar-refractivity contribution in [1.29, 1.82) is 0 Å². The monoisotopic (exact) mass is 309 g/mol. The Labute approximate surface area is 138 Å².